The quantitative estimate of drug-likeness (QED) is 0.581. The van der Waals surface area contributed by atoms with E-state index in [9.17, 15) is 0 Å². The van der Waals surface area contributed by atoms with E-state index in [-0.39, 0.29) is 6.61 Å². The Morgan fingerprint density at radius 2 is 2.29 bits per heavy atom. The minimum Gasteiger partial charge on any atom is -0.394 e. The molecule has 0 radical (unpaired) electrons. The zero-order valence-corrected chi connectivity index (χ0v) is 8.02. The van der Waals surface area contributed by atoms with Gasteiger partial charge in [-0.2, -0.15) is 0 Å². The molecule has 2 N–H and O–H groups in total. The maximum absolute atomic E-state index is 8.44. The highest BCUT2D eigenvalue weighted by molar-refractivity contribution is 4.93. The van der Waals surface area contributed by atoms with Gasteiger partial charge in [0.1, 0.15) is 0 Å². The number of rotatable bonds is 7. The molecule has 0 saturated heterocycles. The zero-order chi connectivity index (χ0) is 10.1. The SMILES string of the molecule is OCCOCCNCc1cnccn1. The number of nitrogens with one attached hydrogen (secondary N) is 1. The molecule has 0 aliphatic heterocycles. The van der Waals surface area contributed by atoms with Crippen LogP contribution in [0.2, 0.25) is 0 Å². The first-order valence-corrected chi connectivity index (χ1v) is 4.57. The maximum atomic E-state index is 8.44. The van der Waals surface area contributed by atoms with Crippen molar-refractivity contribution in [3.05, 3.63) is 24.3 Å². The summed E-state index contributed by atoms with van der Waals surface area (Å²) in [5.41, 5.74) is 0.912. The third-order valence-corrected chi connectivity index (χ3v) is 1.58. The lowest BCUT2D eigenvalue weighted by Gasteiger charge is -2.04. The van der Waals surface area contributed by atoms with Gasteiger partial charge in [-0.3, -0.25) is 9.97 Å². The van der Waals surface area contributed by atoms with E-state index < -0.39 is 0 Å². The molecule has 0 aliphatic rings. The lowest BCUT2D eigenvalue weighted by Crippen LogP contribution is -2.20. The molecule has 0 atom stereocenters. The number of aromatic nitrogens is 2. The Morgan fingerprint density at radius 1 is 1.36 bits per heavy atom. The number of aliphatic hydroxyl groups excluding tert-OH is 1. The summed E-state index contributed by atoms with van der Waals surface area (Å²) in [6.07, 6.45) is 5.04. The Morgan fingerprint density at radius 3 is 3.00 bits per heavy atom. The average molecular weight is 197 g/mol. The monoisotopic (exact) mass is 197 g/mol. The molecule has 5 heteroatoms. The van der Waals surface area contributed by atoms with Gasteiger partial charge in [0.2, 0.25) is 0 Å². The maximum Gasteiger partial charge on any atom is 0.0724 e. The van der Waals surface area contributed by atoms with Crippen molar-refractivity contribution >= 4 is 0 Å². The Bertz CT molecular complexity index is 231. The summed E-state index contributed by atoms with van der Waals surface area (Å²) in [6.45, 7) is 2.50. The van der Waals surface area contributed by atoms with Crippen LogP contribution < -0.4 is 5.32 Å². The molecule has 78 valence electrons. The first kappa shape index (κ1) is 11.0. The predicted octanol–water partition coefficient (Wildman–Crippen LogP) is -0.425. The van der Waals surface area contributed by atoms with Gasteiger partial charge in [-0.25, -0.2) is 0 Å². The van der Waals surface area contributed by atoms with Crippen LogP contribution in [-0.4, -0.2) is 41.4 Å². The Hall–Kier alpha value is -1.04. The molecule has 5 nitrogen and oxygen atoms in total. The number of aliphatic hydroxyl groups is 1. The zero-order valence-electron chi connectivity index (χ0n) is 8.02. The summed E-state index contributed by atoms with van der Waals surface area (Å²) in [6, 6.07) is 0. The summed E-state index contributed by atoms with van der Waals surface area (Å²) in [5, 5.41) is 11.6. The van der Waals surface area contributed by atoms with Crippen LogP contribution in [0.4, 0.5) is 0 Å². The molecule has 0 amide bonds. The third-order valence-electron chi connectivity index (χ3n) is 1.58. The lowest BCUT2D eigenvalue weighted by atomic mass is 10.4. The number of hydrogen-bond acceptors (Lipinski definition) is 5. The first-order chi connectivity index (χ1) is 6.93. The van der Waals surface area contributed by atoms with Crippen molar-refractivity contribution in [1.82, 2.24) is 15.3 Å². The smallest absolute Gasteiger partial charge is 0.0724 e. The van der Waals surface area contributed by atoms with E-state index >= 15 is 0 Å². The van der Waals surface area contributed by atoms with Crippen LogP contribution >= 0.6 is 0 Å². The van der Waals surface area contributed by atoms with Gasteiger partial charge in [0.15, 0.2) is 0 Å². The van der Waals surface area contributed by atoms with E-state index in [4.69, 9.17) is 9.84 Å². The van der Waals surface area contributed by atoms with Crippen LogP contribution in [0, 0.1) is 0 Å². The minimum atomic E-state index is 0.0736. The van der Waals surface area contributed by atoms with Gasteiger partial charge >= 0.3 is 0 Å². The van der Waals surface area contributed by atoms with Gasteiger partial charge in [0, 0.05) is 31.7 Å². The molecule has 1 aromatic rings. The molecule has 0 aromatic carbocycles. The van der Waals surface area contributed by atoms with E-state index in [2.05, 4.69) is 15.3 Å². The largest absolute Gasteiger partial charge is 0.394 e. The molecule has 0 spiro atoms. The van der Waals surface area contributed by atoms with Crippen molar-refractivity contribution < 1.29 is 9.84 Å². The second-order valence-electron chi connectivity index (χ2n) is 2.71. The predicted molar refractivity (Wildman–Crippen MR) is 51.6 cm³/mol. The number of ether oxygens (including phenoxy) is 1. The average Bonchev–Trinajstić information content (AvgIpc) is 2.25. The second-order valence-corrected chi connectivity index (χ2v) is 2.71. The second kappa shape index (κ2) is 7.37. The molecule has 0 aliphatic carbocycles. The van der Waals surface area contributed by atoms with Gasteiger partial charge in [0.25, 0.3) is 0 Å². The highest BCUT2D eigenvalue weighted by Crippen LogP contribution is 1.87. The van der Waals surface area contributed by atoms with Gasteiger partial charge in [-0.05, 0) is 0 Å². The van der Waals surface area contributed by atoms with E-state index in [0.717, 1.165) is 12.2 Å². The highest BCUT2D eigenvalue weighted by atomic mass is 16.5. The van der Waals surface area contributed by atoms with E-state index in [1.807, 2.05) is 0 Å². The number of hydrogen-bond donors (Lipinski definition) is 2. The van der Waals surface area contributed by atoms with Gasteiger partial charge < -0.3 is 15.2 Å². The van der Waals surface area contributed by atoms with E-state index in [1.54, 1.807) is 18.6 Å². The third kappa shape index (κ3) is 4.86. The van der Waals surface area contributed by atoms with Gasteiger partial charge in [-0.15, -0.1) is 0 Å². The topological polar surface area (TPSA) is 67.3 Å². The van der Waals surface area contributed by atoms with E-state index in [0.29, 0.717) is 19.8 Å². The van der Waals surface area contributed by atoms with E-state index in [1.165, 1.54) is 0 Å². The van der Waals surface area contributed by atoms with Crippen molar-refractivity contribution in [2.24, 2.45) is 0 Å². The molecule has 0 bridgehead atoms. The van der Waals surface area contributed by atoms with Crippen molar-refractivity contribution in [3.8, 4) is 0 Å². The van der Waals surface area contributed by atoms with Crippen molar-refractivity contribution in [1.29, 1.82) is 0 Å². The molecule has 0 unspecified atom stereocenters. The standard InChI is InChI=1S/C9H15N3O2/c13-4-6-14-5-3-11-8-9-7-10-1-2-12-9/h1-2,7,11,13H,3-6,8H2. The minimum absolute atomic E-state index is 0.0736. The fourth-order valence-electron chi connectivity index (χ4n) is 0.949. The van der Waals surface area contributed by atoms with Crippen LogP contribution in [-0.2, 0) is 11.3 Å². The Labute approximate surface area is 83.2 Å². The van der Waals surface area contributed by atoms with Crippen LogP contribution in [0.1, 0.15) is 5.69 Å². The molecule has 0 saturated carbocycles. The van der Waals surface area contributed by atoms with Crippen LogP contribution in [0.5, 0.6) is 0 Å². The van der Waals surface area contributed by atoms with Crippen LogP contribution in [0.15, 0.2) is 18.6 Å². The molecule has 0 fully saturated rings. The normalized spacial score (nSPS) is 10.4. The fraction of sp³-hybridized carbons (Fsp3) is 0.556. The van der Waals surface area contributed by atoms with Crippen LogP contribution in [0.3, 0.4) is 0 Å². The molecule has 1 heterocycles. The summed E-state index contributed by atoms with van der Waals surface area (Å²) < 4.78 is 5.07. The lowest BCUT2D eigenvalue weighted by molar-refractivity contribution is 0.0937. The molecule has 1 rings (SSSR count). The summed E-state index contributed by atoms with van der Waals surface area (Å²) in [4.78, 5) is 8.05. The number of nitrogens with zero attached hydrogens (tertiary/aromatic N) is 2. The highest BCUT2D eigenvalue weighted by Gasteiger charge is 1.92. The first-order valence-electron chi connectivity index (χ1n) is 4.57. The van der Waals surface area contributed by atoms with Crippen LogP contribution in [0.25, 0.3) is 0 Å². The van der Waals surface area contributed by atoms with Gasteiger partial charge in [0.05, 0.1) is 25.5 Å². The summed E-state index contributed by atoms with van der Waals surface area (Å²) >= 11 is 0. The summed E-state index contributed by atoms with van der Waals surface area (Å²) in [7, 11) is 0. The van der Waals surface area contributed by atoms with Gasteiger partial charge in [-0.1, -0.05) is 0 Å². The molecular formula is C9H15N3O2. The van der Waals surface area contributed by atoms with Crippen molar-refractivity contribution in [3.63, 3.8) is 0 Å². The summed E-state index contributed by atoms with van der Waals surface area (Å²) in [5.74, 6) is 0. The molecule has 14 heavy (non-hydrogen) atoms. The molecule has 1 aromatic heterocycles. The molecular weight excluding hydrogens is 182 g/mol. The van der Waals surface area contributed by atoms with Crippen molar-refractivity contribution in [2.75, 3.05) is 26.4 Å². The van der Waals surface area contributed by atoms with Crippen molar-refractivity contribution in [2.45, 2.75) is 6.54 Å². The Kier molecular flexibility index (Phi) is 5.81. The fourth-order valence-corrected chi connectivity index (χ4v) is 0.949. The Balaban J connectivity index is 1.99.